The highest BCUT2D eigenvalue weighted by Gasteiger charge is 2.16. The number of nitrogen functional groups attached to an aromatic ring is 1. The van der Waals surface area contributed by atoms with Crippen molar-refractivity contribution in [1.82, 2.24) is 0 Å². The van der Waals surface area contributed by atoms with Gasteiger partial charge in [0, 0.05) is 16.8 Å². The Balaban J connectivity index is 2.44. The molecule has 0 saturated carbocycles. The molecule has 0 radical (unpaired) electrons. The number of nitrogens with two attached hydrogens (primary N) is 1. The van der Waals surface area contributed by atoms with Crippen LogP contribution in [-0.4, -0.2) is 5.11 Å². The highest BCUT2D eigenvalue weighted by molar-refractivity contribution is 5.52. The molecule has 0 bridgehead atoms. The molecular formula is C14H14FNO. The van der Waals surface area contributed by atoms with Crippen LogP contribution in [0.3, 0.4) is 0 Å². The van der Waals surface area contributed by atoms with Gasteiger partial charge in [0.25, 0.3) is 0 Å². The summed E-state index contributed by atoms with van der Waals surface area (Å²) in [5.74, 6) is -0.431. The topological polar surface area (TPSA) is 46.2 Å². The van der Waals surface area contributed by atoms with Crippen molar-refractivity contribution in [3.8, 4) is 0 Å². The lowest BCUT2D eigenvalue weighted by molar-refractivity contribution is 0.215. The Kier molecular flexibility index (Phi) is 3.11. The van der Waals surface area contributed by atoms with Gasteiger partial charge in [-0.1, -0.05) is 30.3 Å². The van der Waals surface area contributed by atoms with Crippen LogP contribution >= 0.6 is 0 Å². The van der Waals surface area contributed by atoms with Gasteiger partial charge >= 0.3 is 0 Å². The molecule has 1 unspecified atom stereocenters. The van der Waals surface area contributed by atoms with Crippen LogP contribution in [0.25, 0.3) is 0 Å². The number of hydrogen-bond acceptors (Lipinski definition) is 2. The molecule has 3 N–H and O–H groups in total. The van der Waals surface area contributed by atoms with Gasteiger partial charge in [0.15, 0.2) is 0 Å². The Bertz CT molecular complexity index is 539. The van der Waals surface area contributed by atoms with E-state index in [-0.39, 0.29) is 5.56 Å². The SMILES string of the molecule is Cc1ccc(C(O)c2ccccc2F)c(N)c1. The average molecular weight is 231 g/mol. The third-order valence-electron chi connectivity index (χ3n) is 2.74. The minimum absolute atomic E-state index is 0.239. The minimum Gasteiger partial charge on any atom is -0.398 e. The quantitative estimate of drug-likeness (QED) is 0.781. The van der Waals surface area contributed by atoms with Crippen LogP contribution < -0.4 is 5.73 Å². The van der Waals surface area contributed by atoms with E-state index in [1.165, 1.54) is 6.07 Å². The van der Waals surface area contributed by atoms with Crippen molar-refractivity contribution in [2.24, 2.45) is 0 Å². The molecular weight excluding hydrogens is 217 g/mol. The Morgan fingerprint density at radius 1 is 1.12 bits per heavy atom. The monoisotopic (exact) mass is 231 g/mol. The lowest BCUT2D eigenvalue weighted by atomic mass is 9.98. The molecule has 0 aliphatic carbocycles. The molecule has 2 aromatic rings. The van der Waals surface area contributed by atoms with Crippen LogP contribution in [0.1, 0.15) is 22.8 Å². The van der Waals surface area contributed by atoms with E-state index in [2.05, 4.69) is 0 Å². The maximum absolute atomic E-state index is 13.5. The van der Waals surface area contributed by atoms with Gasteiger partial charge < -0.3 is 10.8 Å². The van der Waals surface area contributed by atoms with Crippen molar-refractivity contribution in [2.45, 2.75) is 13.0 Å². The first-order valence-corrected chi connectivity index (χ1v) is 5.38. The van der Waals surface area contributed by atoms with Crippen LogP contribution in [0, 0.1) is 12.7 Å². The van der Waals surface area contributed by atoms with Gasteiger partial charge in [-0.3, -0.25) is 0 Å². The zero-order chi connectivity index (χ0) is 12.4. The number of halogens is 1. The molecule has 0 spiro atoms. The number of aryl methyl sites for hydroxylation is 1. The second kappa shape index (κ2) is 4.55. The summed E-state index contributed by atoms with van der Waals surface area (Å²) in [6, 6.07) is 11.5. The molecule has 17 heavy (non-hydrogen) atoms. The van der Waals surface area contributed by atoms with E-state index in [0.717, 1.165) is 5.56 Å². The molecule has 0 aliphatic rings. The summed E-state index contributed by atoms with van der Waals surface area (Å²) in [5.41, 5.74) is 8.07. The molecule has 0 aliphatic heterocycles. The van der Waals surface area contributed by atoms with E-state index in [1.807, 2.05) is 13.0 Å². The first-order valence-electron chi connectivity index (χ1n) is 5.38. The third kappa shape index (κ3) is 2.29. The molecule has 0 amide bonds. The van der Waals surface area contributed by atoms with Crippen LogP contribution in [-0.2, 0) is 0 Å². The van der Waals surface area contributed by atoms with Crippen molar-refractivity contribution in [2.75, 3.05) is 5.73 Å². The van der Waals surface area contributed by atoms with E-state index in [9.17, 15) is 9.50 Å². The van der Waals surface area contributed by atoms with Crippen LogP contribution in [0.15, 0.2) is 42.5 Å². The largest absolute Gasteiger partial charge is 0.398 e. The van der Waals surface area contributed by atoms with Crippen molar-refractivity contribution in [1.29, 1.82) is 0 Å². The number of hydrogen-bond donors (Lipinski definition) is 2. The van der Waals surface area contributed by atoms with Gasteiger partial charge in [0.05, 0.1) is 0 Å². The van der Waals surface area contributed by atoms with Crippen molar-refractivity contribution < 1.29 is 9.50 Å². The molecule has 3 heteroatoms. The molecule has 0 aromatic heterocycles. The van der Waals surface area contributed by atoms with Gasteiger partial charge in [0.2, 0.25) is 0 Å². The molecule has 2 aromatic carbocycles. The average Bonchev–Trinajstić information content (AvgIpc) is 2.29. The maximum atomic E-state index is 13.5. The van der Waals surface area contributed by atoms with Gasteiger partial charge in [-0.2, -0.15) is 0 Å². The molecule has 2 rings (SSSR count). The van der Waals surface area contributed by atoms with E-state index < -0.39 is 11.9 Å². The summed E-state index contributed by atoms with van der Waals surface area (Å²) in [6.07, 6.45) is -1.03. The summed E-state index contributed by atoms with van der Waals surface area (Å²) in [4.78, 5) is 0. The first-order chi connectivity index (χ1) is 8.09. The predicted molar refractivity (Wildman–Crippen MR) is 66.1 cm³/mol. The third-order valence-corrected chi connectivity index (χ3v) is 2.74. The maximum Gasteiger partial charge on any atom is 0.129 e. The zero-order valence-electron chi connectivity index (χ0n) is 9.52. The van der Waals surface area contributed by atoms with Gasteiger partial charge in [-0.15, -0.1) is 0 Å². The van der Waals surface area contributed by atoms with Gasteiger partial charge in [-0.05, 0) is 24.6 Å². The number of benzene rings is 2. The fraction of sp³-hybridized carbons (Fsp3) is 0.143. The molecule has 2 nitrogen and oxygen atoms in total. The Morgan fingerprint density at radius 2 is 1.82 bits per heavy atom. The van der Waals surface area contributed by atoms with Gasteiger partial charge in [-0.25, -0.2) is 4.39 Å². The zero-order valence-corrected chi connectivity index (χ0v) is 9.52. The Morgan fingerprint density at radius 3 is 2.47 bits per heavy atom. The molecule has 1 atom stereocenters. The van der Waals surface area contributed by atoms with Crippen LogP contribution in [0.4, 0.5) is 10.1 Å². The van der Waals surface area contributed by atoms with E-state index in [1.54, 1.807) is 30.3 Å². The highest BCUT2D eigenvalue weighted by Crippen LogP contribution is 2.28. The van der Waals surface area contributed by atoms with E-state index in [4.69, 9.17) is 5.73 Å². The Hall–Kier alpha value is -1.87. The molecule has 88 valence electrons. The van der Waals surface area contributed by atoms with Crippen molar-refractivity contribution in [3.63, 3.8) is 0 Å². The predicted octanol–water partition coefficient (Wildman–Crippen LogP) is 2.80. The lowest BCUT2D eigenvalue weighted by Gasteiger charge is -2.15. The number of aliphatic hydroxyl groups is 1. The van der Waals surface area contributed by atoms with E-state index >= 15 is 0 Å². The van der Waals surface area contributed by atoms with Crippen molar-refractivity contribution >= 4 is 5.69 Å². The van der Waals surface area contributed by atoms with E-state index in [0.29, 0.717) is 11.3 Å². The molecule has 0 fully saturated rings. The molecule has 0 heterocycles. The smallest absolute Gasteiger partial charge is 0.129 e. The fourth-order valence-corrected chi connectivity index (χ4v) is 1.81. The number of rotatable bonds is 2. The van der Waals surface area contributed by atoms with Crippen LogP contribution in [0.5, 0.6) is 0 Å². The Labute approximate surface area is 99.5 Å². The summed E-state index contributed by atoms with van der Waals surface area (Å²) >= 11 is 0. The summed E-state index contributed by atoms with van der Waals surface area (Å²) in [6.45, 7) is 1.91. The standard InChI is InChI=1S/C14H14FNO/c1-9-6-7-11(13(16)8-9)14(17)10-4-2-3-5-12(10)15/h2-8,14,17H,16H2,1H3. The summed E-state index contributed by atoms with van der Waals surface area (Å²) < 4.78 is 13.5. The summed E-state index contributed by atoms with van der Waals surface area (Å²) in [5, 5.41) is 10.1. The minimum atomic E-state index is -1.03. The summed E-state index contributed by atoms with van der Waals surface area (Å²) in [7, 11) is 0. The normalized spacial score (nSPS) is 12.4. The number of aliphatic hydroxyl groups excluding tert-OH is 1. The molecule has 0 saturated heterocycles. The fourth-order valence-electron chi connectivity index (χ4n) is 1.81. The van der Waals surface area contributed by atoms with Crippen LogP contribution in [0.2, 0.25) is 0 Å². The number of anilines is 1. The second-order valence-corrected chi connectivity index (χ2v) is 4.06. The highest BCUT2D eigenvalue weighted by atomic mass is 19.1. The van der Waals surface area contributed by atoms with Gasteiger partial charge in [0.1, 0.15) is 11.9 Å². The van der Waals surface area contributed by atoms with Crippen molar-refractivity contribution in [3.05, 3.63) is 65.0 Å². The first kappa shape index (κ1) is 11.6. The second-order valence-electron chi connectivity index (χ2n) is 4.06. The lowest BCUT2D eigenvalue weighted by Crippen LogP contribution is -2.05.